The van der Waals surface area contributed by atoms with Crippen molar-refractivity contribution >= 4 is 5.78 Å². The SMILES string of the molecule is CC#CCC(=O)C1(N(CC)CC)CCCC1. The Hall–Kier alpha value is -0.810. The minimum atomic E-state index is -0.187. The highest BCUT2D eigenvalue weighted by atomic mass is 16.1. The van der Waals surface area contributed by atoms with Crippen molar-refractivity contribution in [2.75, 3.05) is 13.1 Å². The number of carbonyl (C=O) groups is 1. The summed E-state index contributed by atoms with van der Waals surface area (Å²) in [6.07, 6.45) is 4.84. The molecule has 0 aromatic rings. The molecule has 0 bridgehead atoms. The summed E-state index contributed by atoms with van der Waals surface area (Å²) < 4.78 is 0. The molecule has 0 unspecified atom stereocenters. The molecule has 1 fully saturated rings. The van der Waals surface area contributed by atoms with Crippen LogP contribution in [0.25, 0.3) is 0 Å². The Labute approximate surface area is 99.4 Å². The zero-order valence-electron chi connectivity index (χ0n) is 10.8. The maximum Gasteiger partial charge on any atom is 0.164 e. The predicted octanol–water partition coefficient (Wildman–Crippen LogP) is 2.62. The molecular weight excluding hydrogens is 198 g/mol. The van der Waals surface area contributed by atoms with Gasteiger partial charge in [-0.05, 0) is 32.9 Å². The van der Waals surface area contributed by atoms with Crippen molar-refractivity contribution in [3.63, 3.8) is 0 Å². The molecule has 2 nitrogen and oxygen atoms in total. The number of likely N-dealkylation sites (N-methyl/N-ethyl adjacent to an activating group) is 1. The third-order valence-electron chi connectivity index (χ3n) is 3.74. The molecule has 0 aromatic heterocycles. The van der Waals surface area contributed by atoms with E-state index in [1.807, 2.05) is 0 Å². The van der Waals surface area contributed by atoms with Gasteiger partial charge in [-0.2, -0.15) is 0 Å². The lowest BCUT2D eigenvalue weighted by molar-refractivity contribution is -0.130. The highest BCUT2D eigenvalue weighted by molar-refractivity contribution is 5.90. The fourth-order valence-corrected chi connectivity index (χ4v) is 2.89. The van der Waals surface area contributed by atoms with E-state index in [1.54, 1.807) is 6.92 Å². The van der Waals surface area contributed by atoms with Gasteiger partial charge in [-0.25, -0.2) is 0 Å². The quantitative estimate of drug-likeness (QED) is 0.665. The van der Waals surface area contributed by atoms with Crippen LogP contribution >= 0.6 is 0 Å². The normalized spacial score (nSPS) is 18.2. The Balaban J connectivity index is 2.85. The van der Waals surface area contributed by atoms with Crippen LogP contribution in [0.3, 0.4) is 0 Å². The molecule has 2 heteroatoms. The number of nitrogens with zero attached hydrogens (tertiary/aromatic N) is 1. The molecule has 1 aliphatic rings. The van der Waals surface area contributed by atoms with Crippen molar-refractivity contribution in [2.45, 2.75) is 58.4 Å². The van der Waals surface area contributed by atoms with Crippen LogP contribution in [0.5, 0.6) is 0 Å². The highest BCUT2D eigenvalue weighted by Gasteiger charge is 2.43. The van der Waals surface area contributed by atoms with Crippen LogP contribution in [-0.2, 0) is 4.79 Å². The molecule has 1 aliphatic carbocycles. The van der Waals surface area contributed by atoms with Gasteiger partial charge >= 0.3 is 0 Å². The average Bonchev–Trinajstić information content (AvgIpc) is 2.78. The van der Waals surface area contributed by atoms with Gasteiger partial charge in [0, 0.05) is 0 Å². The Morgan fingerprint density at radius 2 is 1.81 bits per heavy atom. The zero-order valence-corrected chi connectivity index (χ0v) is 10.8. The lowest BCUT2D eigenvalue weighted by Gasteiger charge is -2.38. The highest BCUT2D eigenvalue weighted by Crippen LogP contribution is 2.36. The predicted molar refractivity (Wildman–Crippen MR) is 67.2 cm³/mol. The van der Waals surface area contributed by atoms with Gasteiger partial charge in [-0.3, -0.25) is 9.69 Å². The van der Waals surface area contributed by atoms with E-state index in [-0.39, 0.29) is 5.54 Å². The average molecular weight is 221 g/mol. The standard InChI is InChI=1S/C14H23NO/c1-4-7-10-13(16)14(11-8-9-12-14)15(5-2)6-3/h5-6,8-12H2,1-3H3. The molecule has 0 saturated heterocycles. The third kappa shape index (κ3) is 2.47. The second kappa shape index (κ2) is 6.06. The van der Waals surface area contributed by atoms with E-state index >= 15 is 0 Å². The van der Waals surface area contributed by atoms with Crippen LogP contribution in [0.4, 0.5) is 0 Å². The van der Waals surface area contributed by atoms with Crippen molar-refractivity contribution in [1.29, 1.82) is 0 Å². The van der Waals surface area contributed by atoms with Crippen LogP contribution < -0.4 is 0 Å². The molecule has 0 aliphatic heterocycles. The molecule has 0 radical (unpaired) electrons. The Bertz CT molecular complexity index is 288. The molecule has 0 amide bonds. The number of ketones is 1. The maximum absolute atomic E-state index is 12.3. The summed E-state index contributed by atoms with van der Waals surface area (Å²) in [7, 11) is 0. The number of carbonyl (C=O) groups excluding carboxylic acids is 1. The molecule has 90 valence electrons. The molecule has 1 rings (SSSR count). The van der Waals surface area contributed by atoms with Gasteiger partial charge in [0.15, 0.2) is 5.78 Å². The van der Waals surface area contributed by atoms with E-state index in [4.69, 9.17) is 0 Å². The minimum absolute atomic E-state index is 0.187. The largest absolute Gasteiger partial charge is 0.297 e. The van der Waals surface area contributed by atoms with E-state index in [9.17, 15) is 4.79 Å². The molecule has 0 aromatic carbocycles. The van der Waals surface area contributed by atoms with Crippen molar-refractivity contribution in [2.24, 2.45) is 0 Å². The summed E-state index contributed by atoms with van der Waals surface area (Å²) in [4.78, 5) is 14.7. The first-order chi connectivity index (χ1) is 7.71. The molecule has 0 atom stereocenters. The van der Waals surface area contributed by atoms with Crippen molar-refractivity contribution in [1.82, 2.24) is 4.90 Å². The van der Waals surface area contributed by atoms with E-state index in [0.717, 1.165) is 25.9 Å². The van der Waals surface area contributed by atoms with Gasteiger partial charge < -0.3 is 0 Å². The topological polar surface area (TPSA) is 20.3 Å². The summed E-state index contributed by atoms with van der Waals surface area (Å²) in [6, 6.07) is 0. The molecule has 0 spiro atoms. The Morgan fingerprint density at radius 3 is 2.25 bits per heavy atom. The zero-order chi connectivity index (χ0) is 12.0. The van der Waals surface area contributed by atoms with Gasteiger partial charge in [0.25, 0.3) is 0 Å². The van der Waals surface area contributed by atoms with Gasteiger partial charge in [-0.1, -0.05) is 32.6 Å². The number of rotatable bonds is 5. The first-order valence-electron chi connectivity index (χ1n) is 6.39. The van der Waals surface area contributed by atoms with Crippen LogP contribution in [-0.4, -0.2) is 29.3 Å². The van der Waals surface area contributed by atoms with Gasteiger partial charge in [0.05, 0.1) is 12.0 Å². The maximum atomic E-state index is 12.3. The second-order valence-corrected chi connectivity index (χ2v) is 4.44. The van der Waals surface area contributed by atoms with Crippen molar-refractivity contribution in [3.8, 4) is 11.8 Å². The lowest BCUT2D eigenvalue weighted by Crippen LogP contribution is -2.52. The van der Waals surface area contributed by atoms with Crippen LogP contribution in [0, 0.1) is 11.8 Å². The lowest BCUT2D eigenvalue weighted by atomic mass is 9.88. The monoisotopic (exact) mass is 221 g/mol. The number of hydrogen-bond donors (Lipinski definition) is 0. The van der Waals surface area contributed by atoms with E-state index in [1.165, 1.54) is 12.8 Å². The fourth-order valence-electron chi connectivity index (χ4n) is 2.89. The molecular formula is C14H23NO. The fraction of sp³-hybridized carbons (Fsp3) is 0.786. The summed E-state index contributed by atoms with van der Waals surface area (Å²) in [6.45, 7) is 8.00. The van der Waals surface area contributed by atoms with Crippen molar-refractivity contribution < 1.29 is 4.79 Å². The van der Waals surface area contributed by atoms with Crippen molar-refractivity contribution in [3.05, 3.63) is 0 Å². The number of Topliss-reactive ketones (excluding diaryl/α,β-unsaturated/α-hetero) is 1. The molecule has 0 heterocycles. The van der Waals surface area contributed by atoms with Gasteiger partial charge in [0.1, 0.15) is 0 Å². The van der Waals surface area contributed by atoms with Gasteiger partial charge in [0.2, 0.25) is 0 Å². The second-order valence-electron chi connectivity index (χ2n) is 4.44. The first-order valence-corrected chi connectivity index (χ1v) is 6.39. The van der Waals surface area contributed by atoms with Crippen LogP contribution in [0.1, 0.15) is 52.9 Å². The first kappa shape index (κ1) is 13.3. The summed E-state index contributed by atoms with van der Waals surface area (Å²) in [5.41, 5.74) is -0.187. The summed E-state index contributed by atoms with van der Waals surface area (Å²) >= 11 is 0. The summed E-state index contributed by atoms with van der Waals surface area (Å²) in [5, 5.41) is 0. The van der Waals surface area contributed by atoms with E-state index in [0.29, 0.717) is 12.2 Å². The van der Waals surface area contributed by atoms with Crippen LogP contribution in [0.2, 0.25) is 0 Å². The van der Waals surface area contributed by atoms with Gasteiger partial charge in [-0.15, -0.1) is 5.92 Å². The molecule has 0 N–H and O–H groups in total. The van der Waals surface area contributed by atoms with E-state index in [2.05, 4.69) is 30.6 Å². The molecule has 1 saturated carbocycles. The smallest absolute Gasteiger partial charge is 0.164 e. The Morgan fingerprint density at radius 1 is 1.25 bits per heavy atom. The summed E-state index contributed by atoms with van der Waals surface area (Å²) in [5.74, 6) is 6.09. The Kier molecular flexibility index (Phi) is 5.02. The number of hydrogen-bond acceptors (Lipinski definition) is 2. The molecule has 16 heavy (non-hydrogen) atoms. The van der Waals surface area contributed by atoms with E-state index < -0.39 is 0 Å². The third-order valence-corrected chi connectivity index (χ3v) is 3.74. The minimum Gasteiger partial charge on any atom is -0.297 e. The van der Waals surface area contributed by atoms with Crippen LogP contribution in [0.15, 0.2) is 0 Å².